The fourth-order valence-corrected chi connectivity index (χ4v) is 2.52. The zero-order valence-electron chi connectivity index (χ0n) is 12.5. The second kappa shape index (κ2) is 7.61. The highest BCUT2D eigenvalue weighted by Gasteiger charge is 2.25. The van der Waals surface area contributed by atoms with E-state index in [4.69, 9.17) is 23.7 Å². The lowest BCUT2D eigenvalue weighted by molar-refractivity contribution is 0.893. The SMILES string of the molecule is CNN=C(N)N.S=CNc1ccc(C2CC2)c2ccccc12. The maximum absolute atomic E-state index is 4.87. The Morgan fingerprint density at radius 1 is 1.18 bits per heavy atom. The van der Waals surface area contributed by atoms with Gasteiger partial charge in [-0.3, -0.25) is 0 Å². The molecule has 6 N–H and O–H groups in total. The van der Waals surface area contributed by atoms with Crippen molar-refractivity contribution >= 4 is 40.1 Å². The van der Waals surface area contributed by atoms with Gasteiger partial charge in [-0.25, -0.2) is 0 Å². The summed E-state index contributed by atoms with van der Waals surface area (Å²) in [6.07, 6.45) is 2.67. The predicted octanol–water partition coefficient (Wildman–Crippen LogP) is 2.48. The number of hydrogen-bond donors (Lipinski definition) is 4. The number of thiocarbonyl (C=S) groups is 1. The third kappa shape index (κ3) is 4.08. The maximum Gasteiger partial charge on any atom is 0.208 e. The van der Waals surface area contributed by atoms with E-state index < -0.39 is 0 Å². The molecule has 0 radical (unpaired) electrons. The number of nitrogens with two attached hydrogens (primary N) is 2. The van der Waals surface area contributed by atoms with Crippen LogP contribution in [0.1, 0.15) is 24.3 Å². The number of fused-ring (bicyclic) bond motifs is 1. The minimum absolute atomic E-state index is 0.0532. The lowest BCUT2D eigenvalue weighted by Gasteiger charge is -2.10. The van der Waals surface area contributed by atoms with Gasteiger partial charge < -0.3 is 22.2 Å². The van der Waals surface area contributed by atoms with E-state index in [9.17, 15) is 0 Å². The van der Waals surface area contributed by atoms with Crippen molar-refractivity contribution in [3.8, 4) is 0 Å². The molecular formula is C16H21N5S. The molecule has 0 aliphatic heterocycles. The highest BCUT2D eigenvalue weighted by Crippen LogP contribution is 2.44. The van der Waals surface area contributed by atoms with Crippen molar-refractivity contribution in [2.24, 2.45) is 16.6 Å². The minimum atomic E-state index is 0.0532. The summed E-state index contributed by atoms with van der Waals surface area (Å²) >= 11 is 4.86. The van der Waals surface area contributed by atoms with E-state index >= 15 is 0 Å². The molecule has 1 saturated carbocycles. The van der Waals surface area contributed by atoms with Gasteiger partial charge in [0.1, 0.15) is 0 Å². The second-order valence-corrected chi connectivity index (χ2v) is 5.28. The molecular weight excluding hydrogens is 294 g/mol. The zero-order valence-corrected chi connectivity index (χ0v) is 13.4. The lowest BCUT2D eigenvalue weighted by atomic mass is 10.00. The van der Waals surface area contributed by atoms with Crippen LogP contribution in [0.15, 0.2) is 41.5 Å². The molecule has 0 unspecified atom stereocenters. The first-order valence-corrected chi connectivity index (χ1v) is 7.61. The summed E-state index contributed by atoms with van der Waals surface area (Å²) in [5.74, 6) is 0.837. The molecule has 0 bridgehead atoms. The van der Waals surface area contributed by atoms with Gasteiger partial charge in [-0.2, -0.15) is 0 Å². The number of hydrogen-bond acceptors (Lipinski definition) is 3. The van der Waals surface area contributed by atoms with E-state index in [0.717, 1.165) is 11.6 Å². The molecule has 3 rings (SSSR count). The molecule has 0 atom stereocenters. The van der Waals surface area contributed by atoms with Crippen LogP contribution in [-0.4, -0.2) is 18.5 Å². The summed E-state index contributed by atoms with van der Waals surface area (Å²) in [5, 5.41) is 9.11. The lowest BCUT2D eigenvalue weighted by Crippen LogP contribution is -2.25. The van der Waals surface area contributed by atoms with E-state index in [1.165, 1.54) is 29.2 Å². The third-order valence-electron chi connectivity index (χ3n) is 3.43. The van der Waals surface area contributed by atoms with Gasteiger partial charge in [0.25, 0.3) is 0 Å². The molecule has 5 nitrogen and oxygen atoms in total. The smallest absolute Gasteiger partial charge is 0.208 e. The van der Waals surface area contributed by atoms with Crippen molar-refractivity contribution in [1.82, 2.24) is 5.43 Å². The summed E-state index contributed by atoms with van der Waals surface area (Å²) in [5.41, 5.74) is 16.3. The highest BCUT2D eigenvalue weighted by molar-refractivity contribution is 7.79. The first kappa shape index (κ1) is 16.0. The van der Waals surface area contributed by atoms with E-state index in [1.807, 2.05) is 0 Å². The number of rotatable bonds is 4. The second-order valence-electron chi connectivity index (χ2n) is 5.04. The third-order valence-corrected chi connectivity index (χ3v) is 3.55. The number of anilines is 1. The van der Waals surface area contributed by atoms with Gasteiger partial charge >= 0.3 is 0 Å². The van der Waals surface area contributed by atoms with Crippen LogP contribution < -0.4 is 22.2 Å². The van der Waals surface area contributed by atoms with Gasteiger partial charge in [0, 0.05) is 18.1 Å². The molecule has 1 aliphatic carbocycles. The van der Waals surface area contributed by atoms with Crippen LogP contribution in [0, 0.1) is 0 Å². The summed E-state index contributed by atoms with van der Waals surface area (Å²) in [6, 6.07) is 12.9. The van der Waals surface area contributed by atoms with Gasteiger partial charge in [0.15, 0.2) is 0 Å². The van der Waals surface area contributed by atoms with Crippen molar-refractivity contribution in [2.75, 3.05) is 12.4 Å². The van der Waals surface area contributed by atoms with Crippen molar-refractivity contribution in [3.63, 3.8) is 0 Å². The van der Waals surface area contributed by atoms with Gasteiger partial charge in [0.2, 0.25) is 5.96 Å². The van der Waals surface area contributed by atoms with E-state index in [0.29, 0.717) is 0 Å². The van der Waals surface area contributed by atoms with Crippen LogP contribution in [0.5, 0.6) is 0 Å². The standard InChI is InChI=1S/C14H13NS.C2H8N4/c16-9-15-14-8-7-11(10-5-6-10)12-3-1-2-4-13(12)14;1-5-6-2(3)4/h1-4,7-10H,5-6H2,(H,15,16);5H,1H3,(H4,3,4,6). The summed E-state index contributed by atoms with van der Waals surface area (Å²) in [7, 11) is 1.62. The Labute approximate surface area is 135 Å². The first-order chi connectivity index (χ1) is 10.7. The van der Waals surface area contributed by atoms with E-state index in [2.05, 4.69) is 52.2 Å². The molecule has 1 fully saturated rings. The van der Waals surface area contributed by atoms with Crippen molar-refractivity contribution in [2.45, 2.75) is 18.8 Å². The average Bonchev–Trinajstić information content (AvgIpc) is 3.33. The Morgan fingerprint density at radius 3 is 2.36 bits per heavy atom. The van der Waals surface area contributed by atoms with Crippen LogP contribution in [0.2, 0.25) is 0 Å². The molecule has 1 aliphatic rings. The first-order valence-electron chi connectivity index (χ1n) is 7.14. The molecule has 0 spiro atoms. The Hall–Kier alpha value is -2.34. The Bertz CT molecular complexity index is 675. The van der Waals surface area contributed by atoms with Gasteiger partial charge in [0.05, 0.1) is 5.49 Å². The Balaban J connectivity index is 0.000000254. The Morgan fingerprint density at radius 2 is 1.86 bits per heavy atom. The van der Waals surface area contributed by atoms with Crippen molar-refractivity contribution in [3.05, 3.63) is 42.0 Å². The van der Waals surface area contributed by atoms with Crippen LogP contribution in [0.4, 0.5) is 5.69 Å². The van der Waals surface area contributed by atoms with Crippen LogP contribution in [0.3, 0.4) is 0 Å². The largest absolute Gasteiger partial charge is 0.369 e. The molecule has 2 aromatic rings. The quantitative estimate of drug-likeness (QED) is 0.301. The van der Waals surface area contributed by atoms with Gasteiger partial charge in [-0.15, -0.1) is 5.10 Å². The number of benzene rings is 2. The highest BCUT2D eigenvalue weighted by atomic mass is 32.1. The molecule has 0 heterocycles. The molecule has 116 valence electrons. The molecule has 22 heavy (non-hydrogen) atoms. The number of nitrogens with zero attached hydrogens (tertiary/aromatic N) is 1. The fraction of sp³-hybridized carbons (Fsp3) is 0.250. The molecule has 0 saturated heterocycles. The van der Waals surface area contributed by atoms with E-state index in [1.54, 1.807) is 12.5 Å². The summed E-state index contributed by atoms with van der Waals surface area (Å²) in [6.45, 7) is 0. The molecule has 0 aromatic heterocycles. The van der Waals surface area contributed by atoms with Crippen LogP contribution in [0.25, 0.3) is 10.8 Å². The number of hydrazone groups is 1. The topological polar surface area (TPSA) is 88.5 Å². The fourth-order valence-electron chi connectivity index (χ4n) is 2.39. The molecule has 0 amide bonds. The van der Waals surface area contributed by atoms with E-state index in [-0.39, 0.29) is 5.96 Å². The van der Waals surface area contributed by atoms with Crippen LogP contribution in [-0.2, 0) is 0 Å². The normalized spacial score (nSPS) is 12.8. The van der Waals surface area contributed by atoms with Crippen molar-refractivity contribution in [1.29, 1.82) is 0 Å². The Kier molecular flexibility index (Phi) is 5.55. The predicted molar refractivity (Wildman–Crippen MR) is 98.1 cm³/mol. The zero-order chi connectivity index (χ0) is 15.9. The minimum Gasteiger partial charge on any atom is -0.369 e. The van der Waals surface area contributed by atoms with Crippen molar-refractivity contribution < 1.29 is 0 Å². The summed E-state index contributed by atoms with van der Waals surface area (Å²) in [4.78, 5) is 0. The summed E-state index contributed by atoms with van der Waals surface area (Å²) < 4.78 is 0. The van der Waals surface area contributed by atoms with Gasteiger partial charge in [-0.1, -0.05) is 42.5 Å². The average molecular weight is 315 g/mol. The monoisotopic (exact) mass is 315 g/mol. The maximum atomic E-state index is 4.87. The van der Waals surface area contributed by atoms with Gasteiger partial charge in [-0.05, 0) is 35.8 Å². The number of nitrogens with one attached hydrogen (secondary N) is 2. The molecule has 6 heteroatoms. The van der Waals surface area contributed by atoms with Crippen LogP contribution >= 0.6 is 12.2 Å². The number of guanidine groups is 1. The molecule has 2 aromatic carbocycles.